The van der Waals surface area contributed by atoms with Gasteiger partial charge in [-0.15, -0.1) is 0 Å². The largest absolute Gasteiger partial charge is 0.330 e. The number of imidazole rings is 1. The van der Waals surface area contributed by atoms with E-state index in [1.165, 1.54) is 6.20 Å². The van der Waals surface area contributed by atoms with Crippen molar-refractivity contribution in [2.45, 2.75) is 6.92 Å². The zero-order chi connectivity index (χ0) is 21.1. The summed E-state index contributed by atoms with van der Waals surface area (Å²) in [5.41, 5.74) is 4.85. The van der Waals surface area contributed by atoms with E-state index in [-0.39, 0.29) is 11.8 Å². The number of nitrogens with zero attached hydrogens (tertiary/aromatic N) is 3. The molecule has 150 valence electrons. The average Bonchev–Trinajstić information content (AvgIpc) is 3.42. The van der Waals surface area contributed by atoms with E-state index in [9.17, 15) is 9.59 Å². The lowest BCUT2D eigenvalue weighted by atomic mass is 10.1. The van der Waals surface area contributed by atoms with Crippen LogP contribution in [0.5, 0.6) is 0 Å². The van der Waals surface area contributed by atoms with Gasteiger partial charge < -0.3 is 15.2 Å². The molecule has 30 heavy (non-hydrogen) atoms. The normalized spacial score (nSPS) is 10.6. The highest BCUT2D eigenvalue weighted by Gasteiger charge is 2.14. The lowest BCUT2D eigenvalue weighted by molar-refractivity contribution is 0.101. The number of benzene rings is 2. The number of anilines is 2. The minimum absolute atomic E-state index is 0.264. The van der Waals surface area contributed by atoms with Crippen LogP contribution in [-0.2, 0) is 7.05 Å². The molecule has 2 aromatic carbocycles. The van der Waals surface area contributed by atoms with Gasteiger partial charge in [0.2, 0.25) is 0 Å². The quantitative estimate of drug-likeness (QED) is 0.476. The molecule has 0 saturated heterocycles. The molecule has 0 spiro atoms. The van der Waals surface area contributed by atoms with Gasteiger partial charge in [-0.25, -0.2) is 4.98 Å². The summed E-state index contributed by atoms with van der Waals surface area (Å²) in [5.74, 6) is -0.551. The van der Waals surface area contributed by atoms with Crippen molar-refractivity contribution in [1.29, 1.82) is 0 Å². The second kappa shape index (κ2) is 8.04. The van der Waals surface area contributed by atoms with Crippen LogP contribution < -0.4 is 10.6 Å². The number of carbonyl (C=O) groups excluding carboxylic acids is 2. The first-order valence-corrected chi connectivity index (χ1v) is 9.31. The van der Waals surface area contributed by atoms with E-state index in [0.29, 0.717) is 22.6 Å². The molecule has 0 saturated carbocycles. The van der Waals surface area contributed by atoms with E-state index < -0.39 is 0 Å². The second-order valence-electron chi connectivity index (χ2n) is 6.88. The molecule has 0 fully saturated rings. The molecule has 0 radical (unpaired) electrons. The fourth-order valence-electron chi connectivity index (χ4n) is 3.01. The van der Waals surface area contributed by atoms with Crippen molar-refractivity contribution in [3.05, 3.63) is 84.1 Å². The number of hydrogen-bond donors (Lipinski definition) is 3. The van der Waals surface area contributed by atoms with Crippen LogP contribution in [0.4, 0.5) is 11.4 Å². The highest BCUT2D eigenvalue weighted by Crippen LogP contribution is 2.21. The topological polar surface area (TPSA) is 105 Å². The first-order chi connectivity index (χ1) is 14.5. The number of rotatable bonds is 5. The first-order valence-electron chi connectivity index (χ1n) is 9.31. The Morgan fingerprint density at radius 1 is 1.00 bits per heavy atom. The summed E-state index contributed by atoms with van der Waals surface area (Å²) in [6.07, 6.45) is 4.74. The molecule has 4 aromatic rings. The maximum atomic E-state index is 12.7. The van der Waals surface area contributed by atoms with E-state index in [1.807, 2.05) is 37.3 Å². The molecule has 0 unspecified atom stereocenters. The van der Waals surface area contributed by atoms with Crippen LogP contribution in [0.1, 0.15) is 26.4 Å². The molecule has 8 heteroatoms. The van der Waals surface area contributed by atoms with Gasteiger partial charge in [0.05, 0.1) is 18.2 Å². The molecular weight excluding hydrogens is 380 g/mol. The fourth-order valence-corrected chi connectivity index (χ4v) is 3.01. The summed E-state index contributed by atoms with van der Waals surface area (Å²) in [5, 5.41) is 12.6. The molecule has 8 nitrogen and oxygen atoms in total. The molecule has 3 N–H and O–H groups in total. The molecule has 0 aliphatic carbocycles. The number of amides is 2. The molecule has 2 heterocycles. The van der Waals surface area contributed by atoms with Crippen molar-refractivity contribution in [3.8, 4) is 11.3 Å². The number of aryl methyl sites for hydroxylation is 2. The van der Waals surface area contributed by atoms with E-state index in [0.717, 1.165) is 16.8 Å². The van der Waals surface area contributed by atoms with Gasteiger partial charge in [-0.3, -0.25) is 14.7 Å². The smallest absolute Gasteiger partial charge is 0.273 e. The number of aromatic nitrogens is 4. The SMILES string of the molecule is Cc1ccc(C(=O)Nc2ccc(-c3ccn[nH]3)cc2)cc1NC(=O)c1cncn1C. The third-order valence-corrected chi connectivity index (χ3v) is 4.75. The van der Waals surface area contributed by atoms with Gasteiger partial charge in [-0.1, -0.05) is 18.2 Å². The Balaban J connectivity index is 1.48. The van der Waals surface area contributed by atoms with Crippen molar-refractivity contribution in [1.82, 2.24) is 19.7 Å². The monoisotopic (exact) mass is 400 g/mol. The van der Waals surface area contributed by atoms with E-state index in [1.54, 1.807) is 42.3 Å². The number of H-pyrrole nitrogens is 1. The summed E-state index contributed by atoms with van der Waals surface area (Å²) in [6.45, 7) is 1.87. The lowest BCUT2D eigenvalue weighted by Gasteiger charge is -2.11. The Hall–Kier alpha value is -4.20. The van der Waals surface area contributed by atoms with Crippen LogP contribution in [0.25, 0.3) is 11.3 Å². The molecule has 0 bridgehead atoms. The van der Waals surface area contributed by atoms with E-state index in [2.05, 4.69) is 25.8 Å². The lowest BCUT2D eigenvalue weighted by Crippen LogP contribution is -2.17. The Morgan fingerprint density at radius 2 is 1.80 bits per heavy atom. The van der Waals surface area contributed by atoms with Crippen LogP contribution in [0.3, 0.4) is 0 Å². The molecule has 2 aromatic heterocycles. The third kappa shape index (κ3) is 3.97. The number of aromatic amines is 1. The predicted molar refractivity (Wildman–Crippen MR) is 114 cm³/mol. The van der Waals surface area contributed by atoms with Crippen molar-refractivity contribution in [3.63, 3.8) is 0 Å². The molecule has 0 aliphatic heterocycles. The summed E-state index contributed by atoms with van der Waals surface area (Å²) in [7, 11) is 1.75. The minimum atomic E-state index is -0.287. The average molecular weight is 400 g/mol. The first kappa shape index (κ1) is 19.1. The molecule has 0 aliphatic rings. The van der Waals surface area contributed by atoms with Gasteiger partial charge in [-0.05, 0) is 48.4 Å². The fraction of sp³-hybridized carbons (Fsp3) is 0.0909. The van der Waals surface area contributed by atoms with Crippen molar-refractivity contribution in [2.24, 2.45) is 7.05 Å². The summed E-state index contributed by atoms with van der Waals surface area (Å²) in [4.78, 5) is 29.1. The maximum Gasteiger partial charge on any atom is 0.273 e. The van der Waals surface area contributed by atoms with Gasteiger partial charge in [0.1, 0.15) is 5.69 Å². The van der Waals surface area contributed by atoms with Crippen LogP contribution in [0.15, 0.2) is 67.3 Å². The summed E-state index contributed by atoms with van der Waals surface area (Å²) >= 11 is 0. The summed E-state index contributed by atoms with van der Waals surface area (Å²) < 4.78 is 1.63. The molecular formula is C22H20N6O2. The Kier molecular flexibility index (Phi) is 5.13. The van der Waals surface area contributed by atoms with Crippen molar-refractivity contribution >= 4 is 23.2 Å². The van der Waals surface area contributed by atoms with Crippen LogP contribution in [0.2, 0.25) is 0 Å². The molecule has 2 amide bonds. The highest BCUT2D eigenvalue weighted by molar-refractivity contribution is 6.07. The van der Waals surface area contributed by atoms with E-state index in [4.69, 9.17) is 0 Å². The van der Waals surface area contributed by atoms with Crippen molar-refractivity contribution < 1.29 is 9.59 Å². The van der Waals surface area contributed by atoms with Gasteiger partial charge in [0.15, 0.2) is 0 Å². The Labute approximate surface area is 173 Å². The van der Waals surface area contributed by atoms with Gasteiger partial charge in [0, 0.05) is 30.2 Å². The molecule has 0 atom stereocenters. The number of nitrogens with one attached hydrogen (secondary N) is 3. The van der Waals surface area contributed by atoms with Gasteiger partial charge in [-0.2, -0.15) is 5.10 Å². The summed E-state index contributed by atoms with van der Waals surface area (Å²) in [6, 6.07) is 14.5. The number of hydrogen-bond acceptors (Lipinski definition) is 4. The maximum absolute atomic E-state index is 12.7. The van der Waals surface area contributed by atoms with Crippen LogP contribution >= 0.6 is 0 Å². The second-order valence-corrected chi connectivity index (χ2v) is 6.88. The molecule has 4 rings (SSSR count). The zero-order valence-electron chi connectivity index (χ0n) is 16.5. The van der Waals surface area contributed by atoms with Crippen LogP contribution in [-0.4, -0.2) is 31.6 Å². The van der Waals surface area contributed by atoms with Crippen molar-refractivity contribution in [2.75, 3.05) is 10.6 Å². The highest BCUT2D eigenvalue weighted by atomic mass is 16.2. The van der Waals surface area contributed by atoms with Crippen LogP contribution in [0, 0.1) is 6.92 Å². The third-order valence-electron chi connectivity index (χ3n) is 4.75. The Morgan fingerprint density at radius 3 is 2.47 bits per heavy atom. The predicted octanol–water partition coefficient (Wildman–Crippen LogP) is 3.62. The van der Waals surface area contributed by atoms with Gasteiger partial charge in [0.25, 0.3) is 11.8 Å². The van der Waals surface area contributed by atoms with Gasteiger partial charge >= 0.3 is 0 Å². The zero-order valence-corrected chi connectivity index (χ0v) is 16.5. The Bertz CT molecular complexity index is 1190. The standard InChI is InChI=1S/C22H20N6O2/c1-14-3-4-16(11-19(14)26-22(30)20-12-23-13-28(20)2)21(29)25-17-7-5-15(6-8-17)18-9-10-24-27-18/h3-13H,1-2H3,(H,24,27)(H,25,29)(H,26,30). The van der Waals surface area contributed by atoms with E-state index >= 15 is 0 Å². The minimum Gasteiger partial charge on any atom is -0.330 e. The number of carbonyl (C=O) groups is 2.